The Bertz CT molecular complexity index is 751. The number of benzene rings is 2. The third-order valence-electron chi connectivity index (χ3n) is 3.95. The van der Waals surface area contributed by atoms with Crippen LogP contribution in [0.2, 0.25) is 0 Å². The first-order valence-corrected chi connectivity index (χ1v) is 6.92. The Balaban J connectivity index is 2.02. The van der Waals surface area contributed by atoms with E-state index >= 15 is 0 Å². The third-order valence-corrected chi connectivity index (χ3v) is 3.95. The molecule has 4 heteroatoms. The van der Waals surface area contributed by atoms with Gasteiger partial charge in [0.1, 0.15) is 5.75 Å². The van der Waals surface area contributed by atoms with E-state index in [1.54, 1.807) is 6.07 Å². The van der Waals surface area contributed by atoms with E-state index in [0.717, 1.165) is 28.1 Å². The molecule has 1 aliphatic rings. The summed E-state index contributed by atoms with van der Waals surface area (Å²) in [6.07, 6.45) is 0.377. The minimum Gasteiger partial charge on any atom is -0.455 e. The van der Waals surface area contributed by atoms with Gasteiger partial charge in [-0.3, -0.25) is 4.79 Å². The van der Waals surface area contributed by atoms with Gasteiger partial charge in [-0.25, -0.2) is 0 Å². The number of nitrogens with two attached hydrogens (primary N) is 1. The van der Waals surface area contributed by atoms with E-state index in [9.17, 15) is 4.79 Å². The summed E-state index contributed by atoms with van der Waals surface area (Å²) in [7, 11) is 0. The molecule has 0 radical (unpaired) electrons. The van der Waals surface area contributed by atoms with Crippen molar-refractivity contribution in [1.29, 1.82) is 0 Å². The number of hydrogen-bond donors (Lipinski definition) is 2. The predicted molar refractivity (Wildman–Crippen MR) is 83.9 cm³/mol. The summed E-state index contributed by atoms with van der Waals surface area (Å²) in [5.41, 5.74) is 11.6. The topological polar surface area (TPSA) is 64.3 Å². The summed E-state index contributed by atoms with van der Waals surface area (Å²) in [6.45, 7) is 6.09. The number of aryl methyl sites for hydroxylation is 2. The lowest BCUT2D eigenvalue weighted by Crippen LogP contribution is -2.03. The molecule has 21 heavy (non-hydrogen) atoms. The van der Waals surface area contributed by atoms with Gasteiger partial charge in [-0.1, -0.05) is 12.1 Å². The van der Waals surface area contributed by atoms with E-state index in [0.29, 0.717) is 17.9 Å². The third kappa shape index (κ3) is 2.33. The number of rotatable bonds is 2. The summed E-state index contributed by atoms with van der Waals surface area (Å²) in [4.78, 5) is 11.4. The second kappa shape index (κ2) is 4.81. The van der Waals surface area contributed by atoms with Crippen LogP contribution in [0.4, 0.5) is 11.4 Å². The van der Waals surface area contributed by atoms with Gasteiger partial charge >= 0.3 is 0 Å². The minimum absolute atomic E-state index is 0.00975. The number of carbonyl (C=O) groups excluding carboxylic acids is 1. The molecular formula is C17H18N2O2. The Morgan fingerprint density at radius 1 is 1.14 bits per heavy atom. The van der Waals surface area contributed by atoms with Gasteiger partial charge in [0.15, 0.2) is 5.75 Å². The number of ether oxygens (including phenoxy) is 1. The zero-order valence-corrected chi connectivity index (χ0v) is 12.4. The molecule has 0 aromatic heterocycles. The molecular weight excluding hydrogens is 264 g/mol. The standard InChI is InChI=1S/C17H18N2O2/c1-9-4-5-10(2)17(11(9)3)21-15-8-14-12(6-13(15)18)7-16(20)19-14/h4-6,8H,7,18H2,1-3H3,(H,19,20). The molecule has 0 spiro atoms. The molecule has 1 amide bonds. The molecule has 0 saturated heterocycles. The lowest BCUT2D eigenvalue weighted by molar-refractivity contribution is -0.115. The number of carbonyl (C=O) groups is 1. The lowest BCUT2D eigenvalue weighted by atomic mass is 10.1. The molecule has 2 aromatic carbocycles. The highest BCUT2D eigenvalue weighted by Crippen LogP contribution is 2.38. The van der Waals surface area contributed by atoms with Crippen molar-refractivity contribution in [3.05, 3.63) is 46.5 Å². The normalized spacial score (nSPS) is 13.0. The summed E-state index contributed by atoms with van der Waals surface area (Å²) < 4.78 is 6.04. The smallest absolute Gasteiger partial charge is 0.228 e. The van der Waals surface area contributed by atoms with Crippen molar-refractivity contribution in [3.63, 3.8) is 0 Å². The van der Waals surface area contributed by atoms with Crippen LogP contribution in [0.5, 0.6) is 11.5 Å². The largest absolute Gasteiger partial charge is 0.455 e. The van der Waals surface area contributed by atoms with Crippen LogP contribution in [0.25, 0.3) is 0 Å². The lowest BCUT2D eigenvalue weighted by Gasteiger charge is -2.16. The second-order valence-electron chi connectivity index (χ2n) is 5.53. The highest BCUT2D eigenvalue weighted by molar-refractivity contribution is 6.00. The Labute approximate surface area is 123 Å². The first kappa shape index (κ1) is 13.5. The Morgan fingerprint density at radius 3 is 2.62 bits per heavy atom. The van der Waals surface area contributed by atoms with Gasteiger partial charge in [-0.2, -0.15) is 0 Å². The number of nitrogen functional groups attached to an aromatic ring is 1. The molecule has 3 rings (SSSR count). The van der Waals surface area contributed by atoms with Crippen LogP contribution >= 0.6 is 0 Å². The average Bonchev–Trinajstić information content (AvgIpc) is 2.78. The maximum atomic E-state index is 11.4. The molecule has 0 fully saturated rings. The fraction of sp³-hybridized carbons (Fsp3) is 0.235. The molecule has 3 N–H and O–H groups in total. The summed E-state index contributed by atoms with van der Waals surface area (Å²) >= 11 is 0. The molecule has 108 valence electrons. The monoisotopic (exact) mass is 282 g/mol. The second-order valence-corrected chi connectivity index (χ2v) is 5.53. The number of nitrogens with one attached hydrogen (secondary N) is 1. The summed E-state index contributed by atoms with van der Waals surface area (Å²) in [5.74, 6) is 1.39. The molecule has 4 nitrogen and oxygen atoms in total. The fourth-order valence-electron chi connectivity index (χ4n) is 2.55. The van der Waals surface area contributed by atoms with Crippen molar-refractivity contribution in [1.82, 2.24) is 0 Å². The van der Waals surface area contributed by atoms with Gasteiger partial charge < -0.3 is 15.8 Å². The van der Waals surface area contributed by atoms with Crippen molar-refractivity contribution in [3.8, 4) is 11.5 Å². The van der Waals surface area contributed by atoms with Crippen LogP contribution in [0.3, 0.4) is 0 Å². The van der Waals surface area contributed by atoms with Crippen LogP contribution < -0.4 is 15.8 Å². The zero-order valence-electron chi connectivity index (χ0n) is 12.4. The number of anilines is 2. The van der Waals surface area contributed by atoms with Crippen molar-refractivity contribution in [2.45, 2.75) is 27.2 Å². The van der Waals surface area contributed by atoms with Crippen LogP contribution in [0.1, 0.15) is 22.3 Å². The Hall–Kier alpha value is -2.49. The van der Waals surface area contributed by atoms with Gasteiger partial charge in [0.05, 0.1) is 12.1 Å². The highest BCUT2D eigenvalue weighted by atomic mass is 16.5. The van der Waals surface area contributed by atoms with Crippen molar-refractivity contribution >= 4 is 17.3 Å². The van der Waals surface area contributed by atoms with Crippen molar-refractivity contribution < 1.29 is 9.53 Å². The van der Waals surface area contributed by atoms with Gasteiger partial charge in [0, 0.05) is 11.8 Å². The summed E-state index contributed by atoms with van der Waals surface area (Å²) in [5, 5.41) is 2.82. The first-order valence-electron chi connectivity index (χ1n) is 6.92. The average molecular weight is 282 g/mol. The van der Waals surface area contributed by atoms with Gasteiger partial charge in [-0.05, 0) is 49.1 Å². The van der Waals surface area contributed by atoms with E-state index in [1.165, 1.54) is 5.56 Å². The Kier molecular flexibility index (Phi) is 3.09. The number of hydrogen-bond acceptors (Lipinski definition) is 3. The summed E-state index contributed by atoms with van der Waals surface area (Å²) in [6, 6.07) is 7.71. The minimum atomic E-state index is -0.00975. The predicted octanol–water partition coefficient (Wildman–Crippen LogP) is 3.48. The molecule has 0 aliphatic carbocycles. The highest BCUT2D eigenvalue weighted by Gasteiger charge is 2.20. The fourth-order valence-corrected chi connectivity index (χ4v) is 2.55. The number of fused-ring (bicyclic) bond motifs is 1. The van der Waals surface area contributed by atoms with E-state index in [2.05, 4.69) is 11.4 Å². The van der Waals surface area contributed by atoms with Gasteiger partial charge in [0.25, 0.3) is 0 Å². The van der Waals surface area contributed by atoms with Crippen LogP contribution in [-0.2, 0) is 11.2 Å². The molecule has 2 aromatic rings. The van der Waals surface area contributed by atoms with Gasteiger partial charge in [0.2, 0.25) is 5.91 Å². The molecule has 0 unspecified atom stereocenters. The molecule has 1 heterocycles. The quantitative estimate of drug-likeness (QED) is 0.829. The van der Waals surface area contributed by atoms with Crippen LogP contribution in [-0.4, -0.2) is 5.91 Å². The van der Waals surface area contributed by atoms with Crippen LogP contribution in [0.15, 0.2) is 24.3 Å². The molecule has 0 atom stereocenters. The first-order chi connectivity index (χ1) is 9.95. The van der Waals surface area contributed by atoms with E-state index in [-0.39, 0.29) is 5.91 Å². The molecule has 0 bridgehead atoms. The SMILES string of the molecule is Cc1ccc(C)c(Oc2cc3c(cc2N)CC(=O)N3)c1C. The maximum Gasteiger partial charge on any atom is 0.228 e. The maximum absolute atomic E-state index is 11.4. The Morgan fingerprint density at radius 2 is 1.86 bits per heavy atom. The van der Waals surface area contributed by atoms with Gasteiger partial charge in [-0.15, -0.1) is 0 Å². The van der Waals surface area contributed by atoms with Crippen LogP contribution in [0, 0.1) is 20.8 Å². The molecule has 1 aliphatic heterocycles. The van der Waals surface area contributed by atoms with E-state index in [1.807, 2.05) is 32.9 Å². The van der Waals surface area contributed by atoms with Crippen molar-refractivity contribution in [2.24, 2.45) is 0 Å². The molecule has 0 saturated carbocycles. The zero-order chi connectivity index (χ0) is 15.1. The van der Waals surface area contributed by atoms with E-state index < -0.39 is 0 Å². The van der Waals surface area contributed by atoms with E-state index in [4.69, 9.17) is 10.5 Å². The van der Waals surface area contributed by atoms with Crippen molar-refractivity contribution in [2.75, 3.05) is 11.1 Å². The number of amides is 1.